The van der Waals surface area contributed by atoms with Crippen LogP contribution in [-0.2, 0) is 9.53 Å². The van der Waals surface area contributed by atoms with E-state index in [9.17, 15) is 9.59 Å². The van der Waals surface area contributed by atoms with Crippen molar-refractivity contribution in [3.05, 3.63) is 28.7 Å². The van der Waals surface area contributed by atoms with Gasteiger partial charge in [0.2, 0.25) is 5.91 Å². The third kappa shape index (κ3) is 2.98. The molecule has 0 atom stereocenters. The van der Waals surface area contributed by atoms with Gasteiger partial charge in [-0.3, -0.25) is 9.78 Å². The number of hydrogen-bond donors (Lipinski definition) is 2. The van der Waals surface area contributed by atoms with Crippen LogP contribution in [-0.4, -0.2) is 23.6 Å². The second kappa shape index (κ2) is 5.05. The molecule has 2 rings (SSSR count). The summed E-state index contributed by atoms with van der Waals surface area (Å²) >= 11 is 0. The van der Waals surface area contributed by atoms with E-state index in [1.54, 1.807) is 18.2 Å². The molecule has 6 nitrogen and oxygen atoms in total. The molecule has 0 saturated heterocycles. The summed E-state index contributed by atoms with van der Waals surface area (Å²) < 4.78 is 10.0. The van der Waals surface area contributed by atoms with Crippen molar-refractivity contribution >= 4 is 22.7 Å². The van der Waals surface area contributed by atoms with Crippen LogP contribution >= 0.6 is 0 Å². The van der Waals surface area contributed by atoms with Gasteiger partial charge in [-0.2, -0.15) is 0 Å². The average Bonchev–Trinajstić information content (AvgIpc) is 2.66. The monoisotopic (exact) mass is 250 g/mol. The maximum Gasteiger partial charge on any atom is 0.417 e. The fourth-order valence-corrected chi connectivity index (χ4v) is 1.47. The molecule has 96 valence electrons. The van der Waals surface area contributed by atoms with Crippen LogP contribution in [0.1, 0.15) is 13.8 Å². The summed E-state index contributed by atoms with van der Waals surface area (Å²) in [6, 6.07) is 4.91. The van der Waals surface area contributed by atoms with Crippen molar-refractivity contribution in [2.75, 3.05) is 11.9 Å². The summed E-state index contributed by atoms with van der Waals surface area (Å²) in [5.74, 6) is -0.759. The van der Waals surface area contributed by atoms with Gasteiger partial charge in [-0.05, 0) is 32.0 Å². The van der Waals surface area contributed by atoms with E-state index in [2.05, 4.69) is 10.3 Å². The van der Waals surface area contributed by atoms with E-state index < -0.39 is 5.76 Å². The Morgan fingerprint density at radius 1 is 1.50 bits per heavy atom. The Bertz CT molecular complexity index is 612. The predicted octanol–water partition coefficient (Wildman–Crippen LogP) is 1.48. The van der Waals surface area contributed by atoms with Crippen LogP contribution < -0.4 is 11.1 Å². The van der Waals surface area contributed by atoms with Gasteiger partial charge in [0.15, 0.2) is 5.58 Å². The van der Waals surface area contributed by atoms with Gasteiger partial charge in [0, 0.05) is 5.69 Å². The summed E-state index contributed by atoms with van der Waals surface area (Å²) in [5.41, 5.74) is 1.58. The van der Waals surface area contributed by atoms with E-state index in [1.165, 1.54) is 0 Å². The lowest BCUT2D eigenvalue weighted by atomic mass is 10.3. The van der Waals surface area contributed by atoms with Crippen molar-refractivity contribution in [2.45, 2.75) is 20.0 Å². The SMILES string of the molecule is CC(C)OCC(=O)Nc1ccc2oc(=O)[nH]c2c1. The molecule has 1 aromatic heterocycles. The zero-order chi connectivity index (χ0) is 13.1. The third-order valence-corrected chi connectivity index (χ3v) is 2.25. The molecule has 1 heterocycles. The number of carbonyl (C=O) groups excluding carboxylic acids is 1. The molecule has 0 saturated carbocycles. The van der Waals surface area contributed by atoms with Gasteiger partial charge in [0.25, 0.3) is 0 Å². The lowest BCUT2D eigenvalue weighted by Crippen LogP contribution is -2.20. The quantitative estimate of drug-likeness (QED) is 0.860. The molecular formula is C12H14N2O4. The fourth-order valence-electron chi connectivity index (χ4n) is 1.47. The minimum Gasteiger partial charge on any atom is -0.408 e. The van der Waals surface area contributed by atoms with E-state index in [0.717, 1.165) is 0 Å². The molecule has 0 radical (unpaired) electrons. The summed E-state index contributed by atoms with van der Waals surface area (Å²) in [7, 11) is 0. The standard InChI is InChI=1S/C12H14N2O4/c1-7(2)17-6-11(15)13-8-3-4-10-9(5-8)14-12(16)18-10/h3-5,7H,6H2,1-2H3,(H,13,15)(H,14,16). The maximum absolute atomic E-state index is 11.5. The number of amides is 1. The summed E-state index contributed by atoms with van der Waals surface area (Å²) in [6.45, 7) is 3.71. The van der Waals surface area contributed by atoms with Crippen molar-refractivity contribution in [1.82, 2.24) is 4.98 Å². The zero-order valence-corrected chi connectivity index (χ0v) is 10.1. The Morgan fingerprint density at radius 2 is 2.28 bits per heavy atom. The summed E-state index contributed by atoms with van der Waals surface area (Å²) in [6.07, 6.45) is 0.00320. The highest BCUT2D eigenvalue weighted by molar-refractivity contribution is 5.93. The zero-order valence-electron chi connectivity index (χ0n) is 10.1. The average molecular weight is 250 g/mol. The predicted molar refractivity (Wildman–Crippen MR) is 66.6 cm³/mol. The first kappa shape index (κ1) is 12.4. The maximum atomic E-state index is 11.5. The molecule has 1 amide bonds. The lowest BCUT2D eigenvalue weighted by Gasteiger charge is -2.08. The van der Waals surface area contributed by atoms with Gasteiger partial charge in [-0.1, -0.05) is 0 Å². The number of hydrogen-bond acceptors (Lipinski definition) is 4. The number of ether oxygens (including phenoxy) is 1. The van der Waals surface area contributed by atoms with Gasteiger partial charge in [-0.25, -0.2) is 4.79 Å². The molecule has 0 bridgehead atoms. The van der Waals surface area contributed by atoms with Crippen molar-refractivity contribution in [2.24, 2.45) is 0 Å². The third-order valence-electron chi connectivity index (χ3n) is 2.25. The minimum absolute atomic E-state index is 0.00237. The first-order valence-corrected chi connectivity index (χ1v) is 5.59. The first-order chi connectivity index (χ1) is 8.54. The van der Waals surface area contributed by atoms with Gasteiger partial charge in [0.1, 0.15) is 6.61 Å². The molecule has 6 heteroatoms. The molecule has 0 aliphatic heterocycles. The van der Waals surface area contributed by atoms with E-state index in [4.69, 9.17) is 9.15 Å². The van der Waals surface area contributed by atoms with E-state index in [0.29, 0.717) is 16.8 Å². The number of nitrogens with one attached hydrogen (secondary N) is 2. The van der Waals surface area contributed by atoms with Gasteiger partial charge in [-0.15, -0.1) is 0 Å². The van der Waals surface area contributed by atoms with Crippen LogP contribution in [0.25, 0.3) is 11.1 Å². The van der Waals surface area contributed by atoms with Gasteiger partial charge < -0.3 is 14.5 Å². The van der Waals surface area contributed by atoms with Crippen LogP contribution in [0.2, 0.25) is 0 Å². The number of aromatic nitrogens is 1. The van der Waals surface area contributed by atoms with Crippen LogP contribution in [0.3, 0.4) is 0 Å². The van der Waals surface area contributed by atoms with Gasteiger partial charge >= 0.3 is 5.76 Å². The van der Waals surface area contributed by atoms with Crippen LogP contribution in [0.5, 0.6) is 0 Å². The van der Waals surface area contributed by atoms with E-state index >= 15 is 0 Å². The van der Waals surface area contributed by atoms with Crippen LogP contribution in [0.15, 0.2) is 27.4 Å². The largest absolute Gasteiger partial charge is 0.417 e. The number of benzene rings is 1. The Balaban J connectivity index is 2.07. The molecule has 0 unspecified atom stereocenters. The molecule has 0 spiro atoms. The number of rotatable bonds is 4. The number of carbonyl (C=O) groups is 1. The summed E-state index contributed by atoms with van der Waals surface area (Å²) in [4.78, 5) is 25.0. The number of oxazole rings is 1. The van der Waals surface area contributed by atoms with Crippen LogP contribution in [0, 0.1) is 0 Å². The molecule has 0 fully saturated rings. The molecule has 2 aromatic rings. The Labute approximate surface area is 103 Å². The molecule has 18 heavy (non-hydrogen) atoms. The number of anilines is 1. The Kier molecular flexibility index (Phi) is 3.47. The molecular weight excluding hydrogens is 236 g/mol. The highest BCUT2D eigenvalue weighted by atomic mass is 16.5. The summed E-state index contributed by atoms with van der Waals surface area (Å²) in [5, 5.41) is 2.67. The molecule has 0 aliphatic carbocycles. The molecule has 2 N–H and O–H groups in total. The number of H-pyrrole nitrogens is 1. The second-order valence-electron chi connectivity index (χ2n) is 4.13. The number of aromatic amines is 1. The minimum atomic E-state index is -0.517. The fraction of sp³-hybridized carbons (Fsp3) is 0.333. The van der Waals surface area contributed by atoms with Crippen molar-refractivity contribution in [1.29, 1.82) is 0 Å². The highest BCUT2D eigenvalue weighted by Gasteiger charge is 2.06. The Hall–Kier alpha value is -2.08. The number of fused-ring (bicyclic) bond motifs is 1. The van der Waals surface area contributed by atoms with E-state index in [-0.39, 0.29) is 18.6 Å². The normalized spacial score (nSPS) is 11.1. The second-order valence-corrected chi connectivity index (χ2v) is 4.13. The van der Waals surface area contributed by atoms with Crippen LogP contribution in [0.4, 0.5) is 5.69 Å². The van der Waals surface area contributed by atoms with Crippen molar-refractivity contribution < 1.29 is 13.9 Å². The topological polar surface area (TPSA) is 84.3 Å². The van der Waals surface area contributed by atoms with Crippen molar-refractivity contribution in [3.8, 4) is 0 Å². The van der Waals surface area contributed by atoms with E-state index in [1.807, 2.05) is 13.8 Å². The highest BCUT2D eigenvalue weighted by Crippen LogP contribution is 2.15. The molecule has 0 aliphatic rings. The smallest absolute Gasteiger partial charge is 0.408 e. The van der Waals surface area contributed by atoms with Crippen molar-refractivity contribution in [3.63, 3.8) is 0 Å². The van der Waals surface area contributed by atoms with Gasteiger partial charge in [0.05, 0.1) is 11.6 Å². The molecule has 1 aromatic carbocycles. The first-order valence-electron chi connectivity index (χ1n) is 5.59. The lowest BCUT2D eigenvalue weighted by molar-refractivity contribution is -0.121. The Morgan fingerprint density at radius 3 is 3.00 bits per heavy atom.